The lowest BCUT2D eigenvalue weighted by Crippen LogP contribution is -2.11. The van der Waals surface area contributed by atoms with E-state index >= 15 is 0 Å². The first-order chi connectivity index (χ1) is 7.13. The lowest BCUT2D eigenvalue weighted by atomic mass is 9.97. The summed E-state index contributed by atoms with van der Waals surface area (Å²) < 4.78 is 14.4. The maximum atomic E-state index is 12.6. The van der Waals surface area contributed by atoms with Crippen molar-refractivity contribution in [3.05, 3.63) is 36.7 Å². The van der Waals surface area contributed by atoms with E-state index < -0.39 is 5.83 Å². The Hall–Kier alpha value is -1.45. The largest absolute Gasteiger partial charge is 0.252 e. The number of hydrogen-bond donors (Lipinski definition) is 0. The van der Waals surface area contributed by atoms with Crippen LogP contribution < -0.4 is 0 Å². The molecule has 0 radical (unpaired) electrons. The van der Waals surface area contributed by atoms with Crippen molar-refractivity contribution in [1.29, 1.82) is 0 Å². The third kappa shape index (κ3) is 3.65. The fraction of sp³-hybridized carbons (Fsp3) is 0.455. The van der Waals surface area contributed by atoms with Crippen LogP contribution in [0.1, 0.15) is 20.3 Å². The molecule has 1 rings (SSSR count). The second kappa shape index (κ2) is 5.44. The van der Waals surface area contributed by atoms with Crippen molar-refractivity contribution in [3.8, 4) is 0 Å². The minimum Gasteiger partial charge on any atom is -0.252 e. The van der Waals surface area contributed by atoms with Gasteiger partial charge in [-0.3, -0.25) is 4.68 Å². The molecule has 0 N–H and O–H groups in total. The Morgan fingerprint density at radius 3 is 2.87 bits per heavy atom. The molecule has 0 aromatic carbocycles. The van der Waals surface area contributed by atoms with Crippen molar-refractivity contribution < 1.29 is 4.39 Å². The lowest BCUT2D eigenvalue weighted by molar-refractivity contribution is 0.456. The minimum atomic E-state index is -0.399. The summed E-state index contributed by atoms with van der Waals surface area (Å²) in [5.41, 5.74) is 0.987. The van der Waals surface area contributed by atoms with E-state index in [0.29, 0.717) is 0 Å². The lowest BCUT2D eigenvalue weighted by Gasteiger charge is -2.15. The van der Waals surface area contributed by atoms with Crippen LogP contribution >= 0.6 is 0 Å². The van der Waals surface area contributed by atoms with Crippen LogP contribution in [0.15, 0.2) is 36.7 Å². The molecule has 0 fully saturated rings. The summed E-state index contributed by atoms with van der Waals surface area (Å²) in [4.78, 5) is 3.87. The number of nitrogens with zero attached hydrogens (tertiary/aromatic N) is 3. The average Bonchev–Trinajstić information content (AvgIpc) is 2.65. The molecule has 0 spiro atoms. The summed E-state index contributed by atoms with van der Waals surface area (Å²) in [6, 6.07) is 0. The maximum Gasteiger partial charge on any atom is 0.137 e. The molecule has 0 bridgehead atoms. The molecule has 1 unspecified atom stereocenters. The van der Waals surface area contributed by atoms with Gasteiger partial charge in [-0.1, -0.05) is 19.1 Å². The van der Waals surface area contributed by atoms with Crippen molar-refractivity contribution in [1.82, 2.24) is 14.8 Å². The highest BCUT2D eigenvalue weighted by Gasteiger charge is 2.10. The van der Waals surface area contributed by atoms with Gasteiger partial charge in [0.25, 0.3) is 0 Å². The van der Waals surface area contributed by atoms with Gasteiger partial charge in [-0.25, -0.2) is 9.37 Å². The summed E-state index contributed by atoms with van der Waals surface area (Å²) >= 11 is 0. The summed E-state index contributed by atoms with van der Waals surface area (Å²) in [6.45, 7) is 7.94. The molecule has 0 saturated heterocycles. The smallest absolute Gasteiger partial charge is 0.137 e. The predicted molar refractivity (Wildman–Crippen MR) is 57.8 cm³/mol. The first kappa shape index (κ1) is 11.6. The highest BCUT2D eigenvalue weighted by atomic mass is 19.1. The molecule has 0 amide bonds. The van der Waals surface area contributed by atoms with Crippen molar-refractivity contribution in [2.45, 2.75) is 26.8 Å². The zero-order valence-corrected chi connectivity index (χ0v) is 9.15. The van der Waals surface area contributed by atoms with E-state index in [9.17, 15) is 4.39 Å². The number of aromatic nitrogens is 3. The molecule has 0 aliphatic heterocycles. The van der Waals surface area contributed by atoms with Crippen LogP contribution in [0.25, 0.3) is 0 Å². The first-order valence-corrected chi connectivity index (χ1v) is 4.98. The molecule has 1 atom stereocenters. The van der Waals surface area contributed by atoms with E-state index in [2.05, 4.69) is 23.6 Å². The SMILES string of the molecule is C=C(F)/C=C(\C)C(CC)Cn1cncn1. The van der Waals surface area contributed by atoms with Gasteiger partial charge in [0.15, 0.2) is 0 Å². The van der Waals surface area contributed by atoms with Crippen molar-refractivity contribution in [2.24, 2.45) is 5.92 Å². The third-order valence-electron chi connectivity index (χ3n) is 2.40. The molecule has 15 heavy (non-hydrogen) atoms. The average molecular weight is 209 g/mol. The molecule has 1 aromatic heterocycles. The molecule has 1 aromatic rings. The summed E-state index contributed by atoms with van der Waals surface area (Å²) in [5.74, 6) is -0.122. The monoisotopic (exact) mass is 209 g/mol. The maximum absolute atomic E-state index is 12.6. The molecule has 4 heteroatoms. The van der Waals surface area contributed by atoms with Gasteiger partial charge in [-0.2, -0.15) is 5.10 Å². The summed E-state index contributed by atoms with van der Waals surface area (Å²) in [5, 5.41) is 4.03. The van der Waals surface area contributed by atoms with Gasteiger partial charge in [0.05, 0.1) is 0 Å². The number of rotatable bonds is 5. The van der Waals surface area contributed by atoms with Crippen molar-refractivity contribution in [3.63, 3.8) is 0 Å². The molecule has 3 nitrogen and oxygen atoms in total. The number of halogens is 1. The molecule has 0 aliphatic carbocycles. The minimum absolute atomic E-state index is 0.277. The van der Waals surface area contributed by atoms with Crippen LogP contribution in [0.4, 0.5) is 4.39 Å². The fourth-order valence-electron chi connectivity index (χ4n) is 1.51. The van der Waals surface area contributed by atoms with Crippen LogP contribution in [0, 0.1) is 5.92 Å². The van der Waals surface area contributed by atoms with Gasteiger partial charge in [-0.05, 0) is 25.3 Å². The second-order valence-electron chi connectivity index (χ2n) is 3.56. The quantitative estimate of drug-likeness (QED) is 0.698. The molecular formula is C11H16FN3. The number of allylic oxidation sites excluding steroid dienone is 3. The predicted octanol–water partition coefficient (Wildman–Crippen LogP) is 2.73. The van der Waals surface area contributed by atoms with Gasteiger partial charge < -0.3 is 0 Å². The number of hydrogen-bond acceptors (Lipinski definition) is 2. The summed E-state index contributed by atoms with van der Waals surface area (Å²) in [6.07, 6.45) is 5.58. The van der Waals surface area contributed by atoms with Crippen LogP contribution in [0.2, 0.25) is 0 Å². The highest BCUT2D eigenvalue weighted by Crippen LogP contribution is 2.18. The fourth-order valence-corrected chi connectivity index (χ4v) is 1.51. The van der Waals surface area contributed by atoms with Gasteiger partial charge in [0.2, 0.25) is 0 Å². The van der Waals surface area contributed by atoms with Gasteiger partial charge >= 0.3 is 0 Å². The molecule has 82 valence electrons. The van der Waals surface area contributed by atoms with E-state index in [1.165, 1.54) is 12.4 Å². The zero-order chi connectivity index (χ0) is 11.3. The highest BCUT2D eigenvalue weighted by molar-refractivity contribution is 5.15. The Morgan fingerprint density at radius 1 is 1.67 bits per heavy atom. The molecule has 1 heterocycles. The van der Waals surface area contributed by atoms with E-state index in [0.717, 1.165) is 18.5 Å². The van der Waals surface area contributed by atoms with E-state index in [4.69, 9.17) is 0 Å². The van der Waals surface area contributed by atoms with Crippen LogP contribution in [0.5, 0.6) is 0 Å². The van der Waals surface area contributed by atoms with Crippen LogP contribution in [-0.2, 0) is 6.54 Å². The Labute approximate surface area is 89.3 Å². The first-order valence-electron chi connectivity index (χ1n) is 4.98. The molecule has 0 aliphatic rings. The Bertz CT molecular complexity index is 341. The van der Waals surface area contributed by atoms with Crippen molar-refractivity contribution >= 4 is 0 Å². The topological polar surface area (TPSA) is 30.7 Å². The van der Waals surface area contributed by atoms with Crippen LogP contribution in [-0.4, -0.2) is 14.8 Å². The zero-order valence-electron chi connectivity index (χ0n) is 9.15. The van der Waals surface area contributed by atoms with Crippen LogP contribution in [0.3, 0.4) is 0 Å². The van der Waals surface area contributed by atoms with E-state index in [1.807, 2.05) is 6.92 Å². The van der Waals surface area contributed by atoms with Crippen molar-refractivity contribution in [2.75, 3.05) is 0 Å². The Kier molecular flexibility index (Phi) is 4.21. The second-order valence-corrected chi connectivity index (χ2v) is 3.56. The standard InChI is InChI=1S/C11H16FN3/c1-4-11(9(2)5-10(3)12)6-15-8-13-7-14-15/h5,7-8,11H,3-4,6H2,1-2H3/b9-5+. The third-order valence-corrected chi connectivity index (χ3v) is 2.40. The Balaban J connectivity index is 2.68. The van der Waals surface area contributed by atoms with Gasteiger partial charge in [0, 0.05) is 6.54 Å². The normalized spacial score (nSPS) is 13.9. The van der Waals surface area contributed by atoms with E-state index in [-0.39, 0.29) is 5.92 Å². The van der Waals surface area contributed by atoms with E-state index in [1.54, 1.807) is 11.0 Å². The van der Waals surface area contributed by atoms with Gasteiger partial charge in [-0.15, -0.1) is 0 Å². The Morgan fingerprint density at radius 2 is 2.40 bits per heavy atom. The summed E-state index contributed by atoms with van der Waals surface area (Å²) in [7, 11) is 0. The molecule has 0 saturated carbocycles. The van der Waals surface area contributed by atoms with Gasteiger partial charge in [0.1, 0.15) is 18.5 Å². The molecular weight excluding hydrogens is 193 g/mol.